The second-order valence-electron chi connectivity index (χ2n) is 4.66. The molecule has 0 fully saturated rings. The summed E-state index contributed by atoms with van der Waals surface area (Å²) < 4.78 is 6.66. The molecule has 0 atom stereocenters. The van der Waals surface area contributed by atoms with Gasteiger partial charge >= 0.3 is 0 Å². The molecule has 0 saturated heterocycles. The van der Waals surface area contributed by atoms with Gasteiger partial charge in [0.25, 0.3) is 5.91 Å². The lowest BCUT2D eigenvalue weighted by Gasteiger charge is -2.10. The molecule has 0 spiro atoms. The SMILES string of the molecule is Cl.Cl.NCCCCNC(=O)c1cccnc1Oc1ccc(Br)cc1. The van der Waals surface area contributed by atoms with Crippen molar-refractivity contribution in [2.45, 2.75) is 12.8 Å². The monoisotopic (exact) mass is 435 g/mol. The number of benzene rings is 1. The molecule has 0 unspecified atom stereocenters. The minimum Gasteiger partial charge on any atom is -0.438 e. The summed E-state index contributed by atoms with van der Waals surface area (Å²) in [6.45, 7) is 1.21. The first kappa shape index (κ1) is 22.7. The number of halogens is 3. The van der Waals surface area contributed by atoms with Crippen molar-refractivity contribution in [2.75, 3.05) is 13.1 Å². The van der Waals surface area contributed by atoms with Crippen LogP contribution in [0.15, 0.2) is 47.1 Å². The van der Waals surface area contributed by atoms with Gasteiger partial charge in [-0.05, 0) is 55.8 Å². The highest BCUT2D eigenvalue weighted by Crippen LogP contribution is 2.24. The zero-order valence-corrected chi connectivity index (χ0v) is 16.1. The van der Waals surface area contributed by atoms with E-state index in [2.05, 4.69) is 26.2 Å². The van der Waals surface area contributed by atoms with Gasteiger partial charge in [-0.2, -0.15) is 0 Å². The molecule has 24 heavy (non-hydrogen) atoms. The quantitative estimate of drug-likeness (QED) is 0.644. The van der Waals surface area contributed by atoms with Gasteiger partial charge in [0.15, 0.2) is 0 Å². The molecule has 1 aromatic carbocycles. The molecule has 132 valence electrons. The highest BCUT2D eigenvalue weighted by Gasteiger charge is 2.13. The maximum Gasteiger partial charge on any atom is 0.256 e. The van der Waals surface area contributed by atoms with Gasteiger partial charge < -0.3 is 15.8 Å². The van der Waals surface area contributed by atoms with Gasteiger partial charge in [0.1, 0.15) is 11.3 Å². The third-order valence-electron chi connectivity index (χ3n) is 2.96. The number of aromatic nitrogens is 1. The molecule has 2 aromatic rings. The molecule has 0 aliphatic rings. The number of hydrogen-bond acceptors (Lipinski definition) is 4. The number of nitrogens with two attached hydrogens (primary N) is 1. The number of rotatable bonds is 7. The standard InChI is InChI=1S/C16H18BrN3O2.2ClH/c17-12-5-7-13(8-6-12)22-16-14(4-3-11-20-16)15(21)19-10-2-1-9-18;;/h3-8,11H,1-2,9-10,18H2,(H,19,21);2*1H. The third kappa shape index (κ3) is 7.05. The van der Waals surface area contributed by atoms with Crippen molar-refractivity contribution in [3.8, 4) is 11.6 Å². The molecule has 1 aromatic heterocycles. The van der Waals surface area contributed by atoms with E-state index in [1.807, 2.05) is 24.3 Å². The summed E-state index contributed by atoms with van der Waals surface area (Å²) >= 11 is 3.37. The van der Waals surface area contributed by atoms with Crippen LogP contribution in [0.5, 0.6) is 11.6 Å². The maximum absolute atomic E-state index is 12.2. The van der Waals surface area contributed by atoms with Crippen LogP contribution < -0.4 is 15.8 Å². The van der Waals surface area contributed by atoms with Crippen molar-refractivity contribution in [1.82, 2.24) is 10.3 Å². The molecule has 0 aliphatic heterocycles. The summed E-state index contributed by atoms with van der Waals surface area (Å²) in [6.07, 6.45) is 3.33. The van der Waals surface area contributed by atoms with Crippen LogP contribution in [0.1, 0.15) is 23.2 Å². The molecule has 0 aliphatic carbocycles. The van der Waals surface area contributed by atoms with Gasteiger partial charge in [-0.3, -0.25) is 4.79 Å². The normalized spacial score (nSPS) is 9.42. The first-order valence-corrected chi connectivity index (χ1v) is 7.86. The molecule has 0 radical (unpaired) electrons. The van der Waals surface area contributed by atoms with Gasteiger partial charge in [0, 0.05) is 17.2 Å². The lowest BCUT2D eigenvalue weighted by molar-refractivity contribution is 0.0950. The Morgan fingerprint density at radius 3 is 2.54 bits per heavy atom. The number of amides is 1. The topological polar surface area (TPSA) is 77.2 Å². The summed E-state index contributed by atoms with van der Waals surface area (Å²) in [4.78, 5) is 16.4. The molecule has 2 rings (SSSR count). The van der Waals surface area contributed by atoms with Crippen molar-refractivity contribution in [2.24, 2.45) is 5.73 Å². The van der Waals surface area contributed by atoms with E-state index >= 15 is 0 Å². The van der Waals surface area contributed by atoms with E-state index in [1.165, 1.54) is 0 Å². The lowest BCUT2D eigenvalue weighted by Crippen LogP contribution is -2.25. The fourth-order valence-corrected chi connectivity index (χ4v) is 2.09. The average Bonchev–Trinajstić information content (AvgIpc) is 2.54. The van der Waals surface area contributed by atoms with E-state index in [4.69, 9.17) is 10.5 Å². The molecule has 3 N–H and O–H groups in total. The Bertz CT molecular complexity index is 627. The van der Waals surface area contributed by atoms with E-state index < -0.39 is 0 Å². The van der Waals surface area contributed by atoms with Crippen LogP contribution in [0, 0.1) is 0 Å². The lowest BCUT2D eigenvalue weighted by atomic mass is 10.2. The number of nitrogens with zero attached hydrogens (tertiary/aromatic N) is 1. The van der Waals surface area contributed by atoms with Crippen molar-refractivity contribution in [3.63, 3.8) is 0 Å². The van der Waals surface area contributed by atoms with Gasteiger partial charge in [0.05, 0.1) is 0 Å². The van der Waals surface area contributed by atoms with E-state index in [0.29, 0.717) is 30.3 Å². The van der Waals surface area contributed by atoms with Crippen molar-refractivity contribution < 1.29 is 9.53 Å². The number of carbonyl (C=O) groups excluding carboxylic acids is 1. The largest absolute Gasteiger partial charge is 0.438 e. The van der Waals surface area contributed by atoms with Gasteiger partial charge in [0.2, 0.25) is 5.88 Å². The number of unbranched alkanes of at least 4 members (excludes halogenated alkanes) is 1. The zero-order valence-electron chi connectivity index (χ0n) is 12.9. The summed E-state index contributed by atoms with van der Waals surface area (Å²) in [5.41, 5.74) is 5.85. The van der Waals surface area contributed by atoms with E-state index in [9.17, 15) is 4.79 Å². The highest BCUT2D eigenvalue weighted by atomic mass is 79.9. The van der Waals surface area contributed by atoms with Crippen molar-refractivity contribution in [1.29, 1.82) is 0 Å². The Morgan fingerprint density at radius 1 is 1.17 bits per heavy atom. The first-order valence-electron chi connectivity index (χ1n) is 7.07. The Morgan fingerprint density at radius 2 is 1.88 bits per heavy atom. The second kappa shape index (κ2) is 12.1. The summed E-state index contributed by atoms with van der Waals surface area (Å²) in [6, 6.07) is 10.8. The predicted molar refractivity (Wildman–Crippen MR) is 104 cm³/mol. The predicted octanol–water partition coefficient (Wildman–Crippen LogP) is 3.95. The fraction of sp³-hybridized carbons (Fsp3) is 0.250. The minimum absolute atomic E-state index is 0. The highest BCUT2D eigenvalue weighted by molar-refractivity contribution is 9.10. The smallest absolute Gasteiger partial charge is 0.256 e. The Balaban J connectivity index is 0.00000264. The fourth-order valence-electron chi connectivity index (χ4n) is 1.83. The molecule has 8 heteroatoms. The number of ether oxygens (including phenoxy) is 1. The van der Waals surface area contributed by atoms with Crippen LogP contribution in [0.25, 0.3) is 0 Å². The number of nitrogens with one attached hydrogen (secondary N) is 1. The van der Waals surface area contributed by atoms with E-state index in [1.54, 1.807) is 18.3 Å². The number of pyridine rings is 1. The summed E-state index contributed by atoms with van der Waals surface area (Å²) in [7, 11) is 0. The molecule has 0 saturated carbocycles. The molecular formula is C16H20BrCl2N3O2. The van der Waals surface area contributed by atoms with Crippen LogP contribution in [0.2, 0.25) is 0 Å². The second-order valence-corrected chi connectivity index (χ2v) is 5.58. The van der Waals surface area contributed by atoms with Crippen LogP contribution in [-0.4, -0.2) is 24.0 Å². The van der Waals surface area contributed by atoms with Crippen LogP contribution in [0.3, 0.4) is 0 Å². The average molecular weight is 437 g/mol. The Hall–Kier alpha value is -1.34. The van der Waals surface area contributed by atoms with E-state index in [0.717, 1.165) is 17.3 Å². The molecule has 1 heterocycles. The van der Waals surface area contributed by atoms with Crippen LogP contribution in [-0.2, 0) is 0 Å². The van der Waals surface area contributed by atoms with Crippen LogP contribution >= 0.6 is 40.7 Å². The molecule has 1 amide bonds. The summed E-state index contributed by atoms with van der Waals surface area (Å²) in [5, 5.41) is 2.85. The van der Waals surface area contributed by atoms with Crippen molar-refractivity contribution >= 4 is 46.7 Å². The number of carbonyl (C=O) groups is 1. The maximum atomic E-state index is 12.2. The van der Waals surface area contributed by atoms with Crippen LogP contribution in [0.4, 0.5) is 0 Å². The van der Waals surface area contributed by atoms with Gasteiger partial charge in [-0.25, -0.2) is 4.98 Å². The Kier molecular flexibility index (Phi) is 11.4. The Labute approximate surface area is 162 Å². The molecule has 5 nitrogen and oxygen atoms in total. The molecule has 0 bridgehead atoms. The number of hydrogen-bond donors (Lipinski definition) is 2. The van der Waals surface area contributed by atoms with E-state index in [-0.39, 0.29) is 30.7 Å². The van der Waals surface area contributed by atoms with Crippen molar-refractivity contribution in [3.05, 3.63) is 52.6 Å². The van der Waals surface area contributed by atoms with Gasteiger partial charge in [-0.15, -0.1) is 24.8 Å². The zero-order chi connectivity index (χ0) is 15.8. The summed E-state index contributed by atoms with van der Waals surface area (Å²) in [5.74, 6) is 0.720. The van der Waals surface area contributed by atoms with Gasteiger partial charge in [-0.1, -0.05) is 15.9 Å². The first-order chi connectivity index (χ1) is 10.7. The molecular weight excluding hydrogens is 417 g/mol. The third-order valence-corrected chi connectivity index (χ3v) is 3.49. The minimum atomic E-state index is -0.197.